The van der Waals surface area contributed by atoms with Crippen molar-refractivity contribution in [3.8, 4) is 0 Å². The summed E-state index contributed by atoms with van der Waals surface area (Å²) in [6, 6.07) is 0. The summed E-state index contributed by atoms with van der Waals surface area (Å²) < 4.78 is 23.2. The lowest BCUT2D eigenvalue weighted by Crippen LogP contribution is -2.13. The van der Waals surface area contributed by atoms with Crippen LogP contribution in [0.25, 0.3) is 0 Å². The van der Waals surface area contributed by atoms with Crippen molar-refractivity contribution in [3.63, 3.8) is 0 Å². The van der Waals surface area contributed by atoms with Crippen LogP contribution >= 0.6 is 0 Å². The van der Waals surface area contributed by atoms with E-state index in [-0.39, 0.29) is 6.42 Å². The highest BCUT2D eigenvalue weighted by molar-refractivity contribution is 5.84. The van der Waals surface area contributed by atoms with Gasteiger partial charge in [0.25, 0.3) is 6.43 Å². The predicted octanol–water partition coefficient (Wildman–Crippen LogP) is 1.27. The van der Waals surface area contributed by atoms with Gasteiger partial charge in [-0.05, 0) is 26.4 Å². The van der Waals surface area contributed by atoms with Gasteiger partial charge >= 0.3 is 0 Å². The monoisotopic (exact) mass is 150 g/mol. The van der Waals surface area contributed by atoms with E-state index in [0.717, 1.165) is 0 Å². The molecule has 4 heteroatoms. The van der Waals surface area contributed by atoms with E-state index in [1.807, 2.05) is 0 Å². The highest BCUT2D eigenvalue weighted by Gasteiger charge is 2.08. The number of rotatable bonds is 5. The zero-order valence-corrected chi connectivity index (χ0v) is 5.95. The second kappa shape index (κ2) is 5.29. The number of nitrogens with one attached hydrogen (secondary N) is 2. The second-order valence-corrected chi connectivity index (χ2v) is 2.03. The van der Waals surface area contributed by atoms with E-state index in [1.54, 1.807) is 7.05 Å². The predicted molar refractivity (Wildman–Crippen MR) is 36.9 cm³/mol. The molecule has 0 radical (unpaired) electrons. The van der Waals surface area contributed by atoms with Gasteiger partial charge in [0.1, 0.15) is 0 Å². The van der Waals surface area contributed by atoms with Gasteiger partial charge in [-0.3, -0.25) is 0 Å². The van der Waals surface area contributed by atoms with Crippen LogP contribution in [-0.2, 0) is 0 Å². The Morgan fingerprint density at radius 3 is 2.60 bits per heavy atom. The molecule has 0 saturated carbocycles. The van der Waals surface area contributed by atoms with Crippen molar-refractivity contribution in [2.45, 2.75) is 19.3 Å². The summed E-state index contributed by atoms with van der Waals surface area (Å²) in [6.45, 7) is 0.690. The molecule has 0 rings (SSSR count). The molecule has 0 aromatic heterocycles. The molecular formula is C6H12F2N2. The van der Waals surface area contributed by atoms with Crippen molar-refractivity contribution in [2.75, 3.05) is 13.6 Å². The SMILES string of the molecule is CNCCCC(=N)C(F)F. The van der Waals surface area contributed by atoms with Crippen molar-refractivity contribution in [1.29, 1.82) is 5.41 Å². The maximum absolute atomic E-state index is 11.6. The lowest BCUT2D eigenvalue weighted by atomic mass is 10.2. The van der Waals surface area contributed by atoms with Gasteiger partial charge in [0.05, 0.1) is 5.71 Å². The highest BCUT2D eigenvalue weighted by Crippen LogP contribution is 2.00. The molecule has 0 fully saturated rings. The first-order chi connectivity index (χ1) is 4.68. The van der Waals surface area contributed by atoms with Crippen LogP contribution in [0.3, 0.4) is 0 Å². The first-order valence-electron chi connectivity index (χ1n) is 3.18. The standard InChI is InChI=1S/C6H12F2N2/c1-10-4-2-3-5(9)6(7)8/h6,9-10H,2-4H2,1H3. The van der Waals surface area contributed by atoms with E-state index in [2.05, 4.69) is 5.32 Å². The van der Waals surface area contributed by atoms with Gasteiger partial charge in [-0.15, -0.1) is 0 Å². The quantitative estimate of drug-likeness (QED) is 0.449. The molecule has 0 aliphatic heterocycles. The zero-order chi connectivity index (χ0) is 7.98. The molecular weight excluding hydrogens is 138 g/mol. The molecule has 0 heterocycles. The van der Waals surface area contributed by atoms with Crippen LogP contribution in [0.4, 0.5) is 8.78 Å². The fraction of sp³-hybridized carbons (Fsp3) is 0.833. The Bertz CT molecular complexity index is 104. The molecule has 0 saturated heterocycles. The summed E-state index contributed by atoms with van der Waals surface area (Å²) in [5, 5.41) is 9.56. The summed E-state index contributed by atoms with van der Waals surface area (Å²) >= 11 is 0. The molecule has 10 heavy (non-hydrogen) atoms. The lowest BCUT2D eigenvalue weighted by Gasteiger charge is -2.00. The van der Waals surface area contributed by atoms with Crippen LogP contribution in [0.2, 0.25) is 0 Å². The van der Waals surface area contributed by atoms with Gasteiger partial charge in [0.15, 0.2) is 0 Å². The molecule has 0 aliphatic rings. The number of hydrogen-bond acceptors (Lipinski definition) is 2. The molecule has 0 atom stereocenters. The molecule has 0 aromatic carbocycles. The maximum atomic E-state index is 11.6. The average Bonchev–Trinajstić information content (AvgIpc) is 1.88. The third-order valence-electron chi connectivity index (χ3n) is 1.14. The Hall–Kier alpha value is -0.510. The van der Waals surface area contributed by atoms with Gasteiger partial charge < -0.3 is 10.7 Å². The fourth-order valence-corrected chi connectivity index (χ4v) is 0.565. The molecule has 0 spiro atoms. The summed E-state index contributed by atoms with van der Waals surface area (Å²) in [4.78, 5) is 0. The minimum Gasteiger partial charge on any atom is -0.320 e. The molecule has 0 amide bonds. The number of alkyl halides is 2. The smallest absolute Gasteiger partial charge is 0.275 e. The zero-order valence-electron chi connectivity index (χ0n) is 5.95. The van der Waals surface area contributed by atoms with Crippen LogP contribution in [0, 0.1) is 5.41 Å². The van der Waals surface area contributed by atoms with Crippen molar-refractivity contribution in [1.82, 2.24) is 5.32 Å². The lowest BCUT2D eigenvalue weighted by molar-refractivity contribution is 0.221. The van der Waals surface area contributed by atoms with E-state index in [1.165, 1.54) is 0 Å². The van der Waals surface area contributed by atoms with Gasteiger partial charge in [-0.2, -0.15) is 0 Å². The summed E-state index contributed by atoms with van der Waals surface area (Å²) in [6.07, 6.45) is -1.77. The molecule has 0 unspecified atom stereocenters. The molecule has 2 nitrogen and oxygen atoms in total. The van der Waals surface area contributed by atoms with Gasteiger partial charge in [0, 0.05) is 0 Å². The van der Waals surface area contributed by atoms with E-state index in [4.69, 9.17) is 5.41 Å². The Kier molecular flexibility index (Phi) is 5.02. The molecule has 60 valence electrons. The van der Waals surface area contributed by atoms with Crippen molar-refractivity contribution < 1.29 is 8.78 Å². The third kappa shape index (κ3) is 4.38. The van der Waals surface area contributed by atoms with E-state index in [9.17, 15) is 8.78 Å². The normalized spacial score (nSPS) is 10.4. The fourth-order valence-electron chi connectivity index (χ4n) is 0.565. The Labute approximate surface area is 59.1 Å². The minimum absolute atomic E-state index is 0.193. The van der Waals surface area contributed by atoms with Crippen molar-refractivity contribution in [3.05, 3.63) is 0 Å². The van der Waals surface area contributed by atoms with Crippen LogP contribution in [0.15, 0.2) is 0 Å². The highest BCUT2D eigenvalue weighted by atomic mass is 19.3. The van der Waals surface area contributed by atoms with Gasteiger partial charge in [-0.1, -0.05) is 0 Å². The molecule has 0 aliphatic carbocycles. The van der Waals surface area contributed by atoms with Crippen molar-refractivity contribution >= 4 is 5.71 Å². The first-order valence-corrected chi connectivity index (χ1v) is 3.18. The molecule has 2 N–H and O–H groups in total. The first kappa shape index (κ1) is 9.49. The van der Waals surface area contributed by atoms with Crippen LogP contribution < -0.4 is 5.32 Å². The van der Waals surface area contributed by atoms with Crippen LogP contribution in [0.1, 0.15) is 12.8 Å². The van der Waals surface area contributed by atoms with E-state index < -0.39 is 12.1 Å². The second-order valence-electron chi connectivity index (χ2n) is 2.03. The Morgan fingerprint density at radius 2 is 2.20 bits per heavy atom. The van der Waals surface area contributed by atoms with Gasteiger partial charge in [-0.25, -0.2) is 8.78 Å². The molecule has 0 aromatic rings. The Balaban J connectivity index is 3.22. The van der Waals surface area contributed by atoms with Crippen LogP contribution in [-0.4, -0.2) is 25.7 Å². The molecule has 0 bridgehead atoms. The Morgan fingerprint density at radius 1 is 1.60 bits per heavy atom. The number of halogens is 2. The van der Waals surface area contributed by atoms with Gasteiger partial charge in [0.2, 0.25) is 0 Å². The van der Waals surface area contributed by atoms with E-state index >= 15 is 0 Å². The summed E-state index contributed by atoms with van der Waals surface area (Å²) in [7, 11) is 1.76. The summed E-state index contributed by atoms with van der Waals surface area (Å²) in [5.74, 6) is 0. The van der Waals surface area contributed by atoms with Crippen LogP contribution in [0.5, 0.6) is 0 Å². The van der Waals surface area contributed by atoms with Crippen molar-refractivity contribution in [2.24, 2.45) is 0 Å². The minimum atomic E-state index is -2.57. The topological polar surface area (TPSA) is 35.9 Å². The maximum Gasteiger partial charge on any atom is 0.275 e. The number of hydrogen-bond donors (Lipinski definition) is 2. The summed E-state index contributed by atoms with van der Waals surface area (Å²) in [5.41, 5.74) is -0.463. The average molecular weight is 150 g/mol. The van der Waals surface area contributed by atoms with E-state index in [0.29, 0.717) is 13.0 Å². The third-order valence-corrected chi connectivity index (χ3v) is 1.14. The largest absolute Gasteiger partial charge is 0.320 e.